The van der Waals surface area contributed by atoms with Crippen LogP contribution in [0, 0.1) is 6.92 Å². The molecule has 0 saturated carbocycles. The minimum atomic E-state index is -0.409. The van der Waals surface area contributed by atoms with Crippen molar-refractivity contribution in [3.63, 3.8) is 0 Å². The zero-order valence-electron chi connectivity index (χ0n) is 10.5. The van der Waals surface area contributed by atoms with E-state index in [-0.39, 0.29) is 5.78 Å². The number of thiazole rings is 1. The molecule has 0 amide bonds. The van der Waals surface area contributed by atoms with E-state index in [0.29, 0.717) is 37.8 Å². The molecule has 0 N–H and O–H groups in total. The summed E-state index contributed by atoms with van der Waals surface area (Å²) in [7, 11) is 0. The van der Waals surface area contributed by atoms with Crippen molar-refractivity contribution in [3.05, 3.63) is 27.8 Å². The Morgan fingerprint density at radius 3 is 3.11 bits per heavy atom. The van der Waals surface area contributed by atoms with Gasteiger partial charge in [-0.1, -0.05) is 5.16 Å². The zero-order chi connectivity index (χ0) is 13.2. The van der Waals surface area contributed by atoms with Crippen molar-refractivity contribution in [1.29, 1.82) is 0 Å². The summed E-state index contributed by atoms with van der Waals surface area (Å²) in [6, 6.07) is 0. The van der Waals surface area contributed by atoms with Crippen molar-refractivity contribution < 1.29 is 14.1 Å². The van der Waals surface area contributed by atoms with Gasteiger partial charge in [0.2, 0.25) is 5.89 Å². The van der Waals surface area contributed by atoms with Gasteiger partial charge in [0.15, 0.2) is 5.82 Å². The van der Waals surface area contributed by atoms with E-state index < -0.39 is 5.92 Å². The average Bonchev–Trinajstić information content (AvgIpc) is 3.00. The number of nitrogens with zero attached hydrogens (tertiary/aromatic N) is 3. The Morgan fingerprint density at radius 2 is 2.37 bits per heavy atom. The zero-order valence-corrected chi connectivity index (χ0v) is 11.3. The first-order chi connectivity index (χ1) is 9.22. The molecule has 6 nitrogen and oxygen atoms in total. The van der Waals surface area contributed by atoms with Gasteiger partial charge in [-0.2, -0.15) is 4.98 Å². The molecule has 3 rings (SSSR count). The predicted molar refractivity (Wildman–Crippen MR) is 67.1 cm³/mol. The van der Waals surface area contributed by atoms with Crippen LogP contribution in [0.4, 0.5) is 0 Å². The number of aromatic nitrogens is 3. The Kier molecular flexibility index (Phi) is 3.39. The summed E-state index contributed by atoms with van der Waals surface area (Å²) in [5.41, 5.74) is 0.986. The number of carbonyl (C=O) groups is 1. The van der Waals surface area contributed by atoms with Gasteiger partial charge in [0.05, 0.1) is 19.6 Å². The number of rotatable bonds is 3. The first kappa shape index (κ1) is 12.4. The second-order valence-electron chi connectivity index (χ2n) is 4.45. The molecule has 1 atom stereocenters. The third-order valence-corrected chi connectivity index (χ3v) is 3.89. The van der Waals surface area contributed by atoms with Crippen LogP contribution in [0.25, 0.3) is 0 Å². The highest BCUT2D eigenvalue weighted by molar-refractivity contribution is 7.09. The fourth-order valence-electron chi connectivity index (χ4n) is 1.95. The molecule has 1 aliphatic heterocycles. The number of carbonyl (C=O) groups excluding carboxylic acids is 1. The minimum Gasteiger partial charge on any atom is -0.380 e. The number of aryl methyl sites for hydroxylation is 1. The molecule has 7 heteroatoms. The smallest absolute Gasteiger partial charge is 0.239 e. The summed E-state index contributed by atoms with van der Waals surface area (Å²) in [6.07, 6.45) is 0.942. The van der Waals surface area contributed by atoms with E-state index in [1.807, 2.05) is 12.3 Å². The van der Waals surface area contributed by atoms with E-state index in [2.05, 4.69) is 15.1 Å². The molecule has 19 heavy (non-hydrogen) atoms. The summed E-state index contributed by atoms with van der Waals surface area (Å²) in [5, 5.41) is 6.82. The fraction of sp³-hybridized carbons (Fsp3) is 0.500. The van der Waals surface area contributed by atoms with E-state index in [1.54, 1.807) is 11.3 Å². The Bertz CT molecular complexity index is 593. The van der Waals surface area contributed by atoms with Gasteiger partial charge in [0.1, 0.15) is 16.7 Å². The van der Waals surface area contributed by atoms with E-state index in [9.17, 15) is 4.79 Å². The van der Waals surface area contributed by atoms with Gasteiger partial charge >= 0.3 is 0 Å². The molecule has 0 bridgehead atoms. The van der Waals surface area contributed by atoms with Crippen molar-refractivity contribution in [3.8, 4) is 0 Å². The lowest BCUT2D eigenvalue weighted by Gasteiger charge is -2.16. The van der Waals surface area contributed by atoms with Gasteiger partial charge in [0, 0.05) is 17.5 Å². The lowest BCUT2D eigenvalue weighted by Crippen LogP contribution is -2.25. The number of ketones is 1. The maximum atomic E-state index is 11.7. The second-order valence-corrected chi connectivity index (χ2v) is 5.39. The number of hydrogen-bond donors (Lipinski definition) is 0. The van der Waals surface area contributed by atoms with Crippen LogP contribution in [0.3, 0.4) is 0 Å². The van der Waals surface area contributed by atoms with Crippen LogP contribution in [-0.4, -0.2) is 34.1 Å². The molecular formula is C12H13N3O3S. The standard InChI is InChI=1S/C12H13N3O3S/c1-7-6-19-11(13-7)4-10-14-12(18-15-10)8-5-17-3-2-9(8)16/h6,8H,2-5H2,1H3. The summed E-state index contributed by atoms with van der Waals surface area (Å²) in [4.78, 5) is 20.4. The summed E-state index contributed by atoms with van der Waals surface area (Å²) in [6.45, 7) is 2.76. The van der Waals surface area contributed by atoms with Crippen molar-refractivity contribution in [2.75, 3.05) is 13.2 Å². The molecule has 0 aromatic carbocycles. The van der Waals surface area contributed by atoms with E-state index in [0.717, 1.165) is 10.7 Å². The van der Waals surface area contributed by atoms with Crippen LogP contribution >= 0.6 is 11.3 Å². The number of ether oxygens (including phenoxy) is 1. The van der Waals surface area contributed by atoms with Gasteiger partial charge in [-0.05, 0) is 6.92 Å². The quantitative estimate of drug-likeness (QED) is 0.847. The van der Waals surface area contributed by atoms with E-state index in [1.165, 1.54) is 0 Å². The SMILES string of the molecule is Cc1csc(Cc2noc(C3COCCC3=O)n2)n1. The van der Waals surface area contributed by atoms with Crippen molar-refractivity contribution in [2.24, 2.45) is 0 Å². The molecule has 0 spiro atoms. The Labute approximate surface area is 113 Å². The molecule has 2 aromatic heterocycles. The molecule has 1 fully saturated rings. The highest BCUT2D eigenvalue weighted by atomic mass is 32.1. The first-order valence-electron chi connectivity index (χ1n) is 6.06. The van der Waals surface area contributed by atoms with Crippen LogP contribution in [-0.2, 0) is 16.0 Å². The minimum absolute atomic E-state index is 0.103. The van der Waals surface area contributed by atoms with Gasteiger partial charge in [-0.15, -0.1) is 11.3 Å². The van der Waals surface area contributed by atoms with Crippen LogP contribution in [0.15, 0.2) is 9.90 Å². The summed E-state index contributed by atoms with van der Waals surface area (Å²) in [5.74, 6) is 0.607. The number of Topliss-reactive ketones (excluding diaryl/α,β-unsaturated/α-hetero) is 1. The number of hydrogen-bond acceptors (Lipinski definition) is 7. The molecule has 0 aliphatic carbocycles. The third-order valence-electron chi connectivity index (χ3n) is 2.92. The lowest BCUT2D eigenvalue weighted by atomic mass is 10.0. The molecule has 1 aliphatic rings. The third kappa shape index (κ3) is 2.71. The topological polar surface area (TPSA) is 78.1 Å². The fourth-order valence-corrected chi connectivity index (χ4v) is 2.72. The monoisotopic (exact) mass is 279 g/mol. The van der Waals surface area contributed by atoms with E-state index in [4.69, 9.17) is 9.26 Å². The van der Waals surface area contributed by atoms with Crippen molar-refractivity contribution >= 4 is 17.1 Å². The Hall–Kier alpha value is -1.60. The van der Waals surface area contributed by atoms with Gasteiger partial charge in [-0.3, -0.25) is 4.79 Å². The van der Waals surface area contributed by atoms with Crippen LogP contribution in [0.2, 0.25) is 0 Å². The normalized spacial score (nSPS) is 19.8. The van der Waals surface area contributed by atoms with Crippen molar-refractivity contribution in [1.82, 2.24) is 15.1 Å². The molecule has 1 saturated heterocycles. The molecule has 2 aromatic rings. The highest BCUT2D eigenvalue weighted by Gasteiger charge is 2.29. The van der Waals surface area contributed by atoms with Gasteiger partial charge in [0.25, 0.3) is 0 Å². The summed E-state index contributed by atoms with van der Waals surface area (Å²) >= 11 is 1.57. The first-order valence-corrected chi connectivity index (χ1v) is 6.94. The highest BCUT2D eigenvalue weighted by Crippen LogP contribution is 2.21. The van der Waals surface area contributed by atoms with E-state index >= 15 is 0 Å². The molecular weight excluding hydrogens is 266 g/mol. The van der Waals surface area contributed by atoms with Crippen molar-refractivity contribution in [2.45, 2.75) is 25.7 Å². The average molecular weight is 279 g/mol. The van der Waals surface area contributed by atoms with Gasteiger partial charge in [-0.25, -0.2) is 4.98 Å². The molecule has 100 valence electrons. The van der Waals surface area contributed by atoms with Crippen LogP contribution < -0.4 is 0 Å². The molecule has 0 radical (unpaired) electrons. The van der Waals surface area contributed by atoms with Gasteiger partial charge < -0.3 is 9.26 Å². The largest absolute Gasteiger partial charge is 0.380 e. The molecule has 3 heterocycles. The second kappa shape index (κ2) is 5.18. The predicted octanol–water partition coefficient (Wildman–Crippen LogP) is 1.50. The van der Waals surface area contributed by atoms with Crippen LogP contribution in [0.1, 0.15) is 34.8 Å². The Morgan fingerprint density at radius 1 is 1.47 bits per heavy atom. The summed E-state index contributed by atoms with van der Waals surface area (Å²) < 4.78 is 10.4. The maximum absolute atomic E-state index is 11.7. The maximum Gasteiger partial charge on any atom is 0.239 e. The lowest BCUT2D eigenvalue weighted by molar-refractivity contribution is -0.127. The Balaban J connectivity index is 1.73. The molecule has 1 unspecified atom stereocenters. The van der Waals surface area contributed by atoms with Crippen LogP contribution in [0.5, 0.6) is 0 Å².